The lowest BCUT2D eigenvalue weighted by atomic mass is 10.1. The average Bonchev–Trinajstić information content (AvgIpc) is 2.48. The van der Waals surface area contributed by atoms with Gasteiger partial charge in [-0.15, -0.1) is 0 Å². The Bertz CT molecular complexity index is 670. The summed E-state index contributed by atoms with van der Waals surface area (Å²) in [6.07, 6.45) is -0.0992. The molecule has 1 amide bonds. The first-order chi connectivity index (χ1) is 10.5. The maximum absolute atomic E-state index is 13.2. The Labute approximate surface area is 130 Å². The topological polar surface area (TPSA) is 38.3 Å². The van der Waals surface area contributed by atoms with Gasteiger partial charge in [0.25, 0.3) is 5.91 Å². The molecule has 0 saturated carbocycles. The van der Waals surface area contributed by atoms with E-state index in [1.165, 1.54) is 12.1 Å². The number of carbonyl (C=O) groups is 1. The second-order valence-corrected chi connectivity index (χ2v) is 5.28. The predicted molar refractivity (Wildman–Crippen MR) is 85.7 cm³/mol. The van der Waals surface area contributed by atoms with Gasteiger partial charge in [0.15, 0.2) is 6.10 Å². The highest BCUT2D eigenvalue weighted by atomic mass is 19.1. The van der Waals surface area contributed by atoms with Gasteiger partial charge in [0, 0.05) is 5.69 Å². The molecule has 22 heavy (non-hydrogen) atoms. The van der Waals surface area contributed by atoms with Gasteiger partial charge in [0.05, 0.1) is 0 Å². The van der Waals surface area contributed by atoms with Crippen molar-refractivity contribution < 1.29 is 13.9 Å². The third kappa shape index (κ3) is 4.07. The Kier molecular flexibility index (Phi) is 5.15. The maximum atomic E-state index is 13.2. The minimum atomic E-state index is -0.622. The maximum Gasteiger partial charge on any atom is 0.265 e. The number of hydrogen-bond acceptors (Lipinski definition) is 2. The van der Waals surface area contributed by atoms with Crippen molar-refractivity contribution in [2.45, 2.75) is 33.3 Å². The summed E-state index contributed by atoms with van der Waals surface area (Å²) in [5.74, 6) is 0.0246. The summed E-state index contributed by atoms with van der Waals surface area (Å²) in [5, 5.41) is 2.68. The number of nitrogens with one attached hydrogen (secondary N) is 1. The molecule has 2 aromatic carbocycles. The Balaban J connectivity index is 2.10. The number of halogens is 1. The number of hydrogen-bond donors (Lipinski definition) is 1. The first-order valence-electron chi connectivity index (χ1n) is 7.30. The van der Waals surface area contributed by atoms with Gasteiger partial charge < -0.3 is 10.1 Å². The zero-order chi connectivity index (χ0) is 16.1. The van der Waals surface area contributed by atoms with Crippen LogP contribution in [0.5, 0.6) is 5.75 Å². The van der Waals surface area contributed by atoms with Gasteiger partial charge in [-0.05, 0) is 55.7 Å². The number of rotatable bonds is 5. The third-order valence-electron chi connectivity index (χ3n) is 3.37. The molecule has 3 nitrogen and oxygen atoms in total. The van der Waals surface area contributed by atoms with Crippen molar-refractivity contribution in [3.05, 3.63) is 59.4 Å². The molecule has 0 spiro atoms. The van der Waals surface area contributed by atoms with Gasteiger partial charge in [0.1, 0.15) is 11.6 Å². The van der Waals surface area contributed by atoms with Crippen molar-refractivity contribution in [2.24, 2.45) is 0 Å². The van der Waals surface area contributed by atoms with Crippen molar-refractivity contribution in [1.82, 2.24) is 0 Å². The van der Waals surface area contributed by atoms with Crippen molar-refractivity contribution in [3.8, 4) is 5.75 Å². The van der Waals surface area contributed by atoms with E-state index < -0.39 is 6.10 Å². The van der Waals surface area contributed by atoms with Crippen molar-refractivity contribution in [3.63, 3.8) is 0 Å². The third-order valence-corrected chi connectivity index (χ3v) is 3.37. The summed E-state index contributed by atoms with van der Waals surface area (Å²) in [5.41, 5.74) is 2.47. The zero-order valence-corrected chi connectivity index (χ0v) is 13.0. The highest BCUT2D eigenvalue weighted by Gasteiger charge is 2.19. The molecule has 2 rings (SSSR count). The van der Waals surface area contributed by atoms with Crippen LogP contribution in [0, 0.1) is 19.7 Å². The van der Waals surface area contributed by atoms with E-state index >= 15 is 0 Å². The van der Waals surface area contributed by atoms with Crippen LogP contribution in [0.3, 0.4) is 0 Å². The van der Waals surface area contributed by atoms with Crippen LogP contribution in [-0.4, -0.2) is 12.0 Å². The fourth-order valence-electron chi connectivity index (χ4n) is 2.10. The monoisotopic (exact) mass is 301 g/mol. The van der Waals surface area contributed by atoms with E-state index in [0.717, 1.165) is 11.1 Å². The molecular formula is C18H20FNO2. The molecule has 0 fully saturated rings. The normalized spacial score (nSPS) is 11.8. The van der Waals surface area contributed by atoms with E-state index in [2.05, 4.69) is 5.32 Å². The van der Waals surface area contributed by atoms with Gasteiger partial charge in [-0.3, -0.25) is 4.79 Å². The first-order valence-corrected chi connectivity index (χ1v) is 7.30. The fraction of sp³-hybridized carbons (Fsp3) is 0.278. The van der Waals surface area contributed by atoms with Crippen LogP contribution in [0.2, 0.25) is 0 Å². The Morgan fingerprint density at radius 3 is 2.68 bits per heavy atom. The quantitative estimate of drug-likeness (QED) is 0.897. The molecule has 2 aromatic rings. The molecule has 4 heteroatoms. The predicted octanol–water partition coefficient (Wildman–Crippen LogP) is 4.24. The van der Waals surface area contributed by atoms with Crippen LogP contribution >= 0.6 is 0 Å². The largest absolute Gasteiger partial charge is 0.480 e. The molecule has 1 N–H and O–H groups in total. The number of aryl methyl sites for hydroxylation is 2. The van der Waals surface area contributed by atoms with Gasteiger partial charge in [-0.1, -0.05) is 25.1 Å². The van der Waals surface area contributed by atoms with Gasteiger partial charge in [-0.25, -0.2) is 4.39 Å². The minimum Gasteiger partial charge on any atom is -0.480 e. The van der Waals surface area contributed by atoms with E-state index in [9.17, 15) is 9.18 Å². The number of amides is 1. The molecule has 0 heterocycles. The van der Waals surface area contributed by atoms with Crippen molar-refractivity contribution in [2.75, 3.05) is 5.32 Å². The molecule has 0 saturated heterocycles. The van der Waals surface area contributed by atoms with E-state index in [-0.39, 0.29) is 11.7 Å². The smallest absolute Gasteiger partial charge is 0.265 e. The number of anilines is 1. The van der Waals surface area contributed by atoms with Gasteiger partial charge in [-0.2, -0.15) is 0 Å². The van der Waals surface area contributed by atoms with E-state index in [1.54, 1.807) is 12.1 Å². The first kappa shape index (κ1) is 16.0. The molecule has 0 aliphatic rings. The molecule has 0 radical (unpaired) electrons. The van der Waals surface area contributed by atoms with Gasteiger partial charge in [0.2, 0.25) is 0 Å². The zero-order valence-electron chi connectivity index (χ0n) is 13.0. The number of ether oxygens (including phenoxy) is 1. The van der Waals surface area contributed by atoms with Crippen molar-refractivity contribution in [1.29, 1.82) is 0 Å². The fourth-order valence-corrected chi connectivity index (χ4v) is 2.10. The van der Waals surface area contributed by atoms with E-state index in [1.807, 2.05) is 39.0 Å². The number of carbonyl (C=O) groups excluding carboxylic acids is 1. The summed E-state index contributed by atoms with van der Waals surface area (Å²) >= 11 is 0. The minimum absolute atomic E-state index is 0.283. The summed E-state index contributed by atoms with van der Waals surface area (Å²) in [6.45, 7) is 5.78. The van der Waals surface area contributed by atoms with Crippen LogP contribution in [0.4, 0.5) is 10.1 Å². The van der Waals surface area contributed by atoms with Crippen LogP contribution in [0.15, 0.2) is 42.5 Å². The SMILES string of the molecule is CC[C@H](Oc1cc(C)ccc1C)C(=O)Nc1cccc(F)c1. The van der Waals surface area contributed by atoms with Crippen LogP contribution in [0.1, 0.15) is 24.5 Å². The van der Waals surface area contributed by atoms with Crippen LogP contribution < -0.4 is 10.1 Å². The van der Waals surface area contributed by atoms with Gasteiger partial charge >= 0.3 is 0 Å². The second-order valence-electron chi connectivity index (χ2n) is 5.28. The molecular weight excluding hydrogens is 281 g/mol. The molecule has 0 aliphatic carbocycles. The molecule has 1 atom stereocenters. The molecule has 0 unspecified atom stereocenters. The summed E-state index contributed by atoms with van der Waals surface area (Å²) in [6, 6.07) is 11.7. The lowest BCUT2D eigenvalue weighted by molar-refractivity contribution is -0.122. The Morgan fingerprint density at radius 1 is 1.23 bits per heavy atom. The molecule has 0 aromatic heterocycles. The van der Waals surface area contributed by atoms with E-state index in [4.69, 9.17) is 4.74 Å². The highest BCUT2D eigenvalue weighted by Crippen LogP contribution is 2.22. The molecule has 116 valence electrons. The van der Waals surface area contributed by atoms with E-state index in [0.29, 0.717) is 17.9 Å². The lowest BCUT2D eigenvalue weighted by Gasteiger charge is -2.19. The summed E-state index contributed by atoms with van der Waals surface area (Å²) in [7, 11) is 0. The lowest BCUT2D eigenvalue weighted by Crippen LogP contribution is -2.32. The van der Waals surface area contributed by atoms with Crippen molar-refractivity contribution >= 4 is 11.6 Å². The number of benzene rings is 2. The summed E-state index contributed by atoms with van der Waals surface area (Å²) < 4.78 is 19.0. The average molecular weight is 301 g/mol. The molecule has 0 bridgehead atoms. The molecule has 0 aliphatic heterocycles. The van der Waals surface area contributed by atoms with Crippen LogP contribution in [-0.2, 0) is 4.79 Å². The second kappa shape index (κ2) is 7.07. The summed E-state index contributed by atoms with van der Waals surface area (Å²) in [4.78, 5) is 12.3. The Hall–Kier alpha value is -2.36. The standard InChI is InChI=1S/C18H20FNO2/c1-4-16(22-17-10-12(2)8-9-13(17)3)18(21)20-15-7-5-6-14(19)11-15/h5-11,16H,4H2,1-3H3,(H,20,21)/t16-/m0/s1. The highest BCUT2D eigenvalue weighted by molar-refractivity contribution is 5.94. The Morgan fingerprint density at radius 2 is 2.00 bits per heavy atom. The van der Waals surface area contributed by atoms with Crippen LogP contribution in [0.25, 0.3) is 0 Å².